The third kappa shape index (κ3) is 6.19. The van der Waals surface area contributed by atoms with Crippen molar-refractivity contribution in [3.05, 3.63) is 71.8 Å². The summed E-state index contributed by atoms with van der Waals surface area (Å²) in [5.41, 5.74) is 0.643. The number of rotatable bonds is 5. The number of hydrogen-bond donors (Lipinski definition) is 0. The molecule has 5 atom stereocenters. The van der Waals surface area contributed by atoms with Gasteiger partial charge in [0, 0.05) is 70.5 Å². The third-order valence-electron chi connectivity index (χ3n) is 12.9. The van der Waals surface area contributed by atoms with Crippen LogP contribution in [0.3, 0.4) is 0 Å². The van der Waals surface area contributed by atoms with Crippen LogP contribution in [0.5, 0.6) is 6.01 Å². The maximum Gasteiger partial charge on any atom is 0.317 e. The summed E-state index contributed by atoms with van der Waals surface area (Å²) in [5, 5.41) is 4.91. The molecule has 5 aliphatic heterocycles. The van der Waals surface area contributed by atoms with Crippen molar-refractivity contribution < 1.29 is 36.6 Å². The van der Waals surface area contributed by atoms with E-state index < -0.39 is 41.5 Å². The van der Waals surface area contributed by atoms with Crippen molar-refractivity contribution in [1.29, 1.82) is 0 Å². The fraction of sp³-hybridized carbons (Fsp3) is 0.429. The van der Waals surface area contributed by atoms with Crippen LogP contribution in [0, 0.1) is 30.2 Å². The topological polar surface area (TPSA) is 153 Å². The Balaban J connectivity index is 1.04. The van der Waals surface area contributed by atoms with E-state index >= 15 is 13.2 Å². The van der Waals surface area contributed by atoms with Crippen LogP contribution in [0.4, 0.5) is 29.3 Å². The van der Waals surface area contributed by atoms with Crippen LogP contribution in [0.2, 0.25) is 0 Å². The summed E-state index contributed by atoms with van der Waals surface area (Å²) in [6, 6.07) is 4.65. The van der Waals surface area contributed by atoms with Crippen molar-refractivity contribution in [3.8, 4) is 23.0 Å². The molecule has 6 bridgehead atoms. The molecule has 320 valence electrons. The number of carbonyl (C=O) groups excluding carboxylic acids is 2. The highest BCUT2D eigenvalue weighted by molar-refractivity contribution is 5.94. The smallest absolute Gasteiger partial charge is 0.317 e. The molecule has 2 amide bonds. The quantitative estimate of drug-likeness (QED) is 0.227. The maximum atomic E-state index is 16.0. The minimum atomic E-state index is -1.11. The van der Waals surface area contributed by atoms with Crippen molar-refractivity contribution >= 4 is 45.6 Å². The molecule has 6 aliphatic rings. The molecule has 16 nitrogen and oxygen atoms in total. The SMILES string of the molecule is CO[C@H]1CN(C)C(=O)[C@@H]2C[C@@H](CN2c2nc(N3[C@H]4CC(=O)N(C5CC5)C[C@@H]3C4)nc3c2cnn3-c2ccc(F)cc2F)Oc2nccc(n2)-c2c(F)c(F)cc3nc(C)n(c23)C1. The van der Waals surface area contributed by atoms with E-state index in [4.69, 9.17) is 19.4 Å². The lowest BCUT2D eigenvalue weighted by atomic mass is 9.92. The minimum absolute atomic E-state index is 0.0459. The van der Waals surface area contributed by atoms with E-state index in [1.54, 1.807) is 28.3 Å². The Hall–Kier alpha value is -6.44. The number of amides is 2. The van der Waals surface area contributed by atoms with E-state index in [9.17, 15) is 14.0 Å². The molecule has 20 heteroatoms. The molecule has 2 aromatic carbocycles. The average molecular weight is 853 g/mol. The van der Waals surface area contributed by atoms with Gasteiger partial charge in [0.25, 0.3) is 0 Å². The van der Waals surface area contributed by atoms with E-state index in [0.29, 0.717) is 29.1 Å². The zero-order valence-electron chi connectivity index (χ0n) is 33.9. The number of halogens is 4. The first-order chi connectivity index (χ1) is 29.9. The summed E-state index contributed by atoms with van der Waals surface area (Å²) in [7, 11) is 3.18. The number of ether oxygens (including phenoxy) is 2. The lowest BCUT2D eigenvalue weighted by molar-refractivity contribution is -0.133. The summed E-state index contributed by atoms with van der Waals surface area (Å²) in [6.45, 7) is 2.55. The highest BCUT2D eigenvalue weighted by Crippen LogP contribution is 2.42. The lowest BCUT2D eigenvalue weighted by Crippen LogP contribution is -2.58. The van der Waals surface area contributed by atoms with Crippen molar-refractivity contribution in [2.24, 2.45) is 0 Å². The van der Waals surface area contributed by atoms with E-state index in [1.165, 1.54) is 36.3 Å². The van der Waals surface area contributed by atoms with Crippen LogP contribution in [-0.2, 0) is 20.9 Å². The summed E-state index contributed by atoms with van der Waals surface area (Å²) in [5.74, 6) is -2.97. The summed E-state index contributed by atoms with van der Waals surface area (Å²) < 4.78 is 76.1. The highest BCUT2D eigenvalue weighted by atomic mass is 19.2. The number of likely N-dealkylation sites (N-methyl/N-ethyl adjacent to an activating group) is 1. The number of carbonyl (C=O) groups is 2. The fourth-order valence-corrected chi connectivity index (χ4v) is 9.72. The molecule has 6 aromatic rings. The molecule has 5 fully saturated rings. The Morgan fingerprint density at radius 2 is 1.71 bits per heavy atom. The Morgan fingerprint density at radius 3 is 2.50 bits per heavy atom. The molecule has 0 radical (unpaired) electrons. The minimum Gasteiger partial charge on any atom is -0.458 e. The Labute approximate surface area is 351 Å². The first-order valence-corrected chi connectivity index (χ1v) is 20.6. The zero-order valence-corrected chi connectivity index (χ0v) is 33.9. The second-order valence-corrected chi connectivity index (χ2v) is 16.8. The Bertz CT molecular complexity index is 2830. The number of aromatic nitrogens is 8. The van der Waals surface area contributed by atoms with Crippen LogP contribution in [0.25, 0.3) is 39.0 Å². The van der Waals surface area contributed by atoms with Crippen LogP contribution in [-0.4, -0.2) is 131 Å². The normalized spacial score (nSPS) is 24.0. The van der Waals surface area contributed by atoms with Crippen molar-refractivity contribution in [1.82, 2.24) is 49.1 Å². The molecule has 1 saturated carbocycles. The first kappa shape index (κ1) is 38.5. The van der Waals surface area contributed by atoms with Gasteiger partial charge in [-0.15, -0.1) is 0 Å². The number of aryl methyl sites for hydroxylation is 1. The number of imidazole rings is 1. The lowest BCUT2D eigenvalue weighted by Gasteiger charge is -2.47. The zero-order chi connectivity index (χ0) is 42.7. The standard InChI is InChI=1S/C42H40F4N12O4/c1-20-49-31-14-29(45)36(46)35-30-8-9-47-42(50-30)62-25-13-33(40(60)53(2)17-26(61-3)19-54(20)37(31)35)56(18-25)38-27-15-48-58(32-7-4-21(43)10-28(32)44)39(27)52-41(51-38)57-23-11-24(57)16-55(22-5-6-22)34(59)12-23/h4,7-10,14-15,22-26,33H,5-6,11-13,16-19H2,1-3H3/t23-,24+,25+,26+,33+/m1/s1. The van der Waals surface area contributed by atoms with Gasteiger partial charge in [-0.05, 0) is 44.4 Å². The number of benzene rings is 2. The number of nitrogens with zero attached hydrogens (tertiary/aromatic N) is 12. The fourth-order valence-electron chi connectivity index (χ4n) is 9.72. The molecule has 0 spiro atoms. The van der Waals surface area contributed by atoms with Gasteiger partial charge in [-0.1, -0.05) is 0 Å². The summed E-state index contributed by atoms with van der Waals surface area (Å²) in [6.07, 6.45) is 4.64. The predicted octanol–water partition coefficient (Wildman–Crippen LogP) is 4.34. The molecular weight excluding hydrogens is 813 g/mol. The Kier molecular flexibility index (Phi) is 8.89. The number of methoxy groups -OCH3 is 1. The van der Waals surface area contributed by atoms with Gasteiger partial charge in [0.2, 0.25) is 17.8 Å². The molecule has 1 aliphatic carbocycles. The number of hydrogen-bond acceptors (Lipinski definition) is 12. The molecule has 4 aromatic heterocycles. The van der Waals surface area contributed by atoms with Gasteiger partial charge in [0.15, 0.2) is 23.1 Å². The predicted molar refractivity (Wildman–Crippen MR) is 215 cm³/mol. The Morgan fingerprint density at radius 1 is 0.871 bits per heavy atom. The van der Waals surface area contributed by atoms with E-state index in [-0.39, 0.29) is 102 Å². The molecule has 9 heterocycles. The molecule has 12 rings (SSSR count). The second-order valence-electron chi connectivity index (χ2n) is 16.8. The van der Waals surface area contributed by atoms with Gasteiger partial charge in [-0.25, -0.2) is 32.2 Å². The monoisotopic (exact) mass is 852 g/mol. The summed E-state index contributed by atoms with van der Waals surface area (Å²) >= 11 is 0. The van der Waals surface area contributed by atoms with E-state index in [2.05, 4.69) is 20.1 Å². The van der Waals surface area contributed by atoms with Crippen molar-refractivity contribution in [2.75, 3.05) is 43.6 Å². The van der Waals surface area contributed by atoms with Crippen LogP contribution in [0.1, 0.15) is 37.9 Å². The van der Waals surface area contributed by atoms with Crippen LogP contribution >= 0.6 is 0 Å². The van der Waals surface area contributed by atoms with Crippen LogP contribution in [0.15, 0.2) is 42.7 Å². The van der Waals surface area contributed by atoms with Gasteiger partial charge in [0.1, 0.15) is 35.3 Å². The largest absolute Gasteiger partial charge is 0.458 e. The van der Waals surface area contributed by atoms with Gasteiger partial charge in [0.05, 0.1) is 59.1 Å². The van der Waals surface area contributed by atoms with Gasteiger partial charge < -0.3 is 33.6 Å². The van der Waals surface area contributed by atoms with E-state index in [0.717, 1.165) is 37.5 Å². The highest BCUT2D eigenvalue weighted by Gasteiger charge is 2.50. The number of fused-ring (bicyclic) bond motifs is 9. The van der Waals surface area contributed by atoms with Crippen LogP contribution < -0.4 is 14.5 Å². The second kappa shape index (κ2) is 14.3. The third-order valence-corrected chi connectivity index (χ3v) is 12.9. The average Bonchev–Trinajstić information content (AvgIpc) is 3.84. The van der Waals surface area contributed by atoms with Gasteiger partial charge >= 0.3 is 6.01 Å². The summed E-state index contributed by atoms with van der Waals surface area (Å²) in [4.78, 5) is 59.1. The molecule has 0 N–H and O–H groups in total. The van der Waals surface area contributed by atoms with E-state index in [1.807, 2.05) is 9.80 Å². The van der Waals surface area contributed by atoms with Crippen molar-refractivity contribution in [3.63, 3.8) is 0 Å². The van der Waals surface area contributed by atoms with Crippen molar-refractivity contribution in [2.45, 2.75) is 81.9 Å². The van der Waals surface area contributed by atoms with Gasteiger partial charge in [-0.2, -0.15) is 20.1 Å². The van der Waals surface area contributed by atoms with Gasteiger partial charge in [-0.3, -0.25) is 9.59 Å². The molecule has 0 unspecified atom stereocenters. The molecule has 4 saturated heterocycles. The maximum absolute atomic E-state index is 16.0. The first-order valence-electron chi connectivity index (χ1n) is 20.6. The molecule has 62 heavy (non-hydrogen) atoms. The number of anilines is 2. The molecular formula is C42H40F4N12O4.